The summed E-state index contributed by atoms with van der Waals surface area (Å²) in [5.74, 6) is -0.302. The van der Waals surface area contributed by atoms with Gasteiger partial charge in [0.25, 0.3) is 0 Å². The van der Waals surface area contributed by atoms with Crippen LogP contribution in [0.15, 0.2) is 65.7 Å². The lowest BCUT2D eigenvalue weighted by Crippen LogP contribution is -2.50. The van der Waals surface area contributed by atoms with Crippen LogP contribution in [0.5, 0.6) is 5.75 Å². The summed E-state index contributed by atoms with van der Waals surface area (Å²) in [6, 6.07) is 14.5. The molecule has 6 heteroatoms. The van der Waals surface area contributed by atoms with Gasteiger partial charge in [0.1, 0.15) is 5.75 Å². The molecule has 27 heavy (non-hydrogen) atoms. The summed E-state index contributed by atoms with van der Waals surface area (Å²) in [4.78, 5) is 27.0. The second-order valence-corrected chi connectivity index (χ2v) is 7.51. The number of carbonyl (C=O) groups excluding carboxylic acids is 2. The smallest absolute Gasteiger partial charge is 0.245 e. The number of anilines is 1. The normalized spacial score (nSPS) is 15.8. The van der Waals surface area contributed by atoms with Crippen molar-refractivity contribution in [2.24, 2.45) is 0 Å². The third-order valence-electron chi connectivity index (χ3n) is 5.07. The Labute approximate surface area is 166 Å². The molecule has 1 saturated heterocycles. The highest BCUT2D eigenvalue weighted by molar-refractivity contribution is 9.10. The third kappa shape index (κ3) is 3.90. The molecule has 0 radical (unpaired) electrons. The Morgan fingerprint density at radius 3 is 2.44 bits per heavy atom. The lowest BCUT2D eigenvalue weighted by atomic mass is 9.72. The molecular formula is C21H21BrN2O3. The van der Waals surface area contributed by atoms with Gasteiger partial charge in [-0.1, -0.05) is 52.8 Å². The van der Waals surface area contributed by atoms with Crippen molar-refractivity contribution in [1.82, 2.24) is 4.90 Å². The van der Waals surface area contributed by atoms with E-state index in [-0.39, 0.29) is 17.6 Å². The molecule has 1 heterocycles. The van der Waals surface area contributed by atoms with Crippen molar-refractivity contribution >= 4 is 33.4 Å². The van der Waals surface area contributed by atoms with Crippen LogP contribution in [0.1, 0.15) is 18.4 Å². The number of rotatable bonds is 4. The molecule has 2 N–H and O–H groups in total. The largest absolute Gasteiger partial charge is 0.506 e. The quantitative estimate of drug-likeness (QED) is 0.573. The van der Waals surface area contributed by atoms with Crippen LogP contribution in [0.4, 0.5) is 5.69 Å². The predicted molar refractivity (Wildman–Crippen MR) is 109 cm³/mol. The SMILES string of the molecule is C=CC(=O)N1CCC(C(=O)Nc2cc(Br)ccc2O)(c2ccccc2)CC1. The third-order valence-corrected chi connectivity index (χ3v) is 5.56. The molecule has 1 aliphatic heterocycles. The van der Waals surface area contributed by atoms with Gasteiger partial charge in [-0.25, -0.2) is 0 Å². The fourth-order valence-electron chi connectivity index (χ4n) is 3.49. The fourth-order valence-corrected chi connectivity index (χ4v) is 3.85. The number of hydrogen-bond donors (Lipinski definition) is 2. The number of aromatic hydroxyl groups is 1. The lowest BCUT2D eigenvalue weighted by Gasteiger charge is -2.40. The van der Waals surface area contributed by atoms with E-state index >= 15 is 0 Å². The van der Waals surface area contributed by atoms with Gasteiger partial charge in [0.05, 0.1) is 11.1 Å². The van der Waals surface area contributed by atoms with E-state index in [2.05, 4.69) is 27.8 Å². The van der Waals surface area contributed by atoms with Crippen molar-refractivity contribution in [3.8, 4) is 5.75 Å². The molecule has 0 saturated carbocycles. The molecule has 0 spiro atoms. The predicted octanol–water partition coefficient (Wildman–Crippen LogP) is 3.84. The molecule has 140 valence electrons. The highest BCUT2D eigenvalue weighted by atomic mass is 79.9. The van der Waals surface area contributed by atoms with Crippen molar-refractivity contribution in [1.29, 1.82) is 0 Å². The molecule has 2 aromatic carbocycles. The van der Waals surface area contributed by atoms with E-state index < -0.39 is 5.41 Å². The average Bonchev–Trinajstić information content (AvgIpc) is 2.70. The van der Waals surface area contributed by atoms with Crippen molar-refractivity contribution in [2.45, 2.75) is 18.3 Å². The number of halogens is 1. The van der Waals surface area contributed by atoms with Gasteiger partial charge in [-0.2, -0.15) is 0 Å². The molecule has 2 aromatic rings. The van der Waals surface area contributed by atoms with E-state index in [1.54, 1.807) is 17.0 Å². The summed E-state index contributed by atoms with van der Waals surface area (Å²) >= 11 is 3.36. The van der Waals surface area contributed by atoms with Crippen molar-refractivity contribution < 1.29 is 14.7 Å². The van der Waals surface area contributed by atoms with Gasteiger partial charge in [0.2, 0.25) is 11.8 Å². The number of nitrogens with one attached hydrogen (secondary N) is 1. The second kappa shape index (κ2) is 7.96. The van der Waals surface area contributed by atoms with E-state index in [1.807, 2.05) is 30.3 Å². The molecule has 0 aromatic heterocycles. The summed E-state index contributed by atoms with van der Waals surface area (Å²) in [5.41, 5.74) is 0.491. The second-order valence-electron chi connectivity index (χ2n) is 6.59. The first-order chi connectivity index (χ1) is 13.0. The average molecular weight is 429 g/mol. The molecule has 0 unspecified atom stereocenters. The Bertz CT molecular complexity index is 859. The summed E-state index contributed by atoms with van der Waals surface area (Å²) in [5, 5.41) is 13.0. The van der Waals surface area contributed by atoms with Crippen molar-refractivity contribution in [3.63, 3.8) is 0 Å². The molecule has 0 bridgehead atoms. The Morgan fingerprint density at radius 1 is 1.15 bits per heavy atom. The molecule has 2 amide bonds. The highest BCUT2D eigenvalue weighted by Gasteiger charge is 2.43. The molecular weight excluding hydrogens is 408 g/mol. The van der Waals surface area contributed by atoms with Crippen LogP contribution in [-0.2, 0) is 15.0 Å². The summed E-state index contributed by atoms with van der Waals surface area (Å²) in [6.45, 7) is 4.48. The minimum absolute atomic E-state index is 0.00836. The first-order valence-corrected chi connectivity index (χ1v) is 9.52. The zero-order chi connectivity index (χ0) is 19.4. The number of phenols is 1. The summed E-state index contributed by atoms with van der Waals surface area (Å²) in [6.07, 6.45) is 2.30. The fraction of sp³-hybridized carbons (Fsp3) is 0.238. The number of amides is 2. The Morgan fingerprint density at radius 2 is 1.81 bits per heavy atom. The first kappa shape index (κ1) is 19.2. The molecule has 0 aliphatic carbocycles. The lowest BCUT2D eigenvalue weighted by molar-refractivity contribution is -0.131. The van der Waals surface area contributed by atoms with Crippen LogP contribution in [0.25, 0.3) is 0 Å². The minimum Gasteiger partial charge on any atom is -0.506 e. The molecule has 0 atom stereocenters. The topological polar surface area (TPSA) is 69.6 Å². The Balaban J connectivity index is 1.91. The first-order valence-electron chi connectivity index (χ1n) is 8.73. The van der Waals surface area contributed by atoms with Gasteiger partial charge in [-0.3, -0.25) is 9.59 Å². The maximum atomic E-state index is 13.3. The van der Waals surface area contributed by atoms with E-state index in [0.29, 0.717) is 31.6 Å². The van der Waals surface area contributed by atoms with Gasteiger partial charge in [-0.05, 0) is 42.7 Å². The number of carbonyl (C=O) groups is 2. The van der Waals surface area contributed by atoms with E-state index in [4.69, 9.17) is 0 Å². The molecule has 1 fully saturated rings. The maximum absolute atomic E-state index is 13.3. The summed E-state index contributed by atoms with van der Waals surface area (Å²) in [7, 11) is 0. The van der Waals surface area contributed by atoms with Gasteiger partial charge in [0, 0.05) is 17.6 Å². The maximum Gasteiger partial charge on any atom is 0.245 e. The number of hydrogen-bond acceptors (Lipinski definition) is 3. The highest BCUT2D eigenvalue weighted by Crippen LogP contribution is 2.38. The number of phenolic OH excluding ortho intramolecular Hbond substituents is 1. The zero-order valence-corrected chi connectivity index (χ0v) is 16.4. The van der Waals surface area contributed by atoms with Crippen LogP contribution in [0, 0.1) is 0 Å². The van der Waals surface area contributed by atoms with Gasteiger partial charge in [-0.15, -0.1) is 0 Å². The number of piperidine rings is 1. The summed E-state index contributed by atoms with van der Waals surface area (Å²) < 4.78 is 0.760. The van der Waals surface area contributed by atoms with E-state index in [1.165, 1.54) is 12.1 Å². The van der Waals surface area contributed by atoms with Crippen LogP contribution < -0.4 is 5.32 Å². The molecule has 1 aliphatic rings. The van der Waals surface area contributed by atoms with Crippen LogP contribution in [0.3, 0.4) is 0 Å². The van der Waals surface area contributed by atoms with E-state index in [9.17, 15) is 14.7 Å². The van der Waals surface area contributed by atoms with E-state index in [0.717, 1.165) is 10.0 Å². The van der Waals surface area contributed by atoms with Crippen LogP contribution in [0.2, 0.25) is 0 Å². The van der Waals surface area contributed by atoms with Crippen molar-refractivity contribution in [2.75, 3.05) is 18.4 Å². The monoisotopic (exact) mass is 428 g/mol. The number of likely N-dealkylation sites (tertiary alicyclic amines) is 1. The zero-order valence-electron chi connectivity index (χ0n) is 14.8. The Hall–Kier alpha value is -2.60. The van der Waals surface area contributed by atoms with Crippen LogP contribution in [-0.4, -0.2) is 34.9 Å². The molecule has 3 rings (SSSR count). The number of benzene rings is 2. The standard InChI is InChI=1S/C21H21BrN2O3/c1-2-19(26)24-12-10-21(11-13-24,15-6-4-3-5-7-15)20(27)23-17-14-16(22)8-9-18(17)25/h2-9,14,25H,1,10-13H2,(H,23,27). The molecule has 5 nitrogen and oxygen atoms in total. The van der Waals surface area contributed by atoms with Gasteiger partial charge < -0.3 is 15.3 Å². The van der Waals surface area contributed by atoms with Crippen molar-refractivity contribution in [3.05, 3.63) is 71.2 Å². The number of nitrogens with zero attached hydrogens (tertiary/aromatic N) is 1. The van der Waals surface area contributed by atoms with Gasteiger partial charge in [0.15, 0.2) is 0 Å². The van der Waals surface area contributed by atoms with Gasteiger partial charge >= 0.3 is 0 Å². The minimum atomic E-state index is -0.770. The Kier molecular flexibility index (Phi) is 5.65. The van der Waals surface area contributed by atoms with Crippen LogP contribution >= 0.6 is 15.9 Å².